The van der Waals surface area contributed by atoms with Gasteiger partial charge in [0.1, 0.15) is 0 Å². The molecule has 1 fully saturated rings. The number of rotatable bonds is 6. The monoisotopic (exact) mass is 392 g/mol. The first-order valence-electron chi connectivity index (χ1n) is 9.41. The third kappa shape index (κ3) is 5.79. The maximum Gasteiger partial charge on any atom is 0.223 e. The van der Waals surface area contributed by atoms with Gasteiger partial charge >= 0.3 is 0 Å². The standard InChI is InChI=1S/C20H28N4O2.ClH/c1-16(25)24-12-7-17-5-2-3-6-18(17)19(24)15-20(26)22-8-4-11-23-13-9-21-10-14-23;/h2-3,5-7,12,19,21H,4,8-11,13-15H2,1H3,(H,22,26);1H. The molecule has 2 aliphatic heterocycles. The first kappa shape index (κ1) is 21.4. The topological polar surface area (TPSA) is 64.7 Å². The van der Waals surface area contributed by atoms with E-state index in [2.05, 4.69) is 15.5 Å². The van der Waals surface area contributed by atoms with E-state index in [1.807, 2.05) is 30.3 Å². The SMILES string of the molecule is CC(=O)N1C=Cc2ccccc2C1CC(=O)NCCCN1CCNCC1.Cl. The highest BCUT2D eigenvalue weighted by Gasteiger charge is 2.27. The molecular weight excluding hydrogens is 364 g/mol. The van der Waals surface area contributed by atoms with Crippen molar-refractivity contribution in [1.82, 2.24) is 20.4 Å². The second-order valence-electron chi connectivity index (χ2n) is 6.89. The van der Waals surface area contributed by atoms with Crippen LogP contribution in [-0.4, -0.2) is 60.9 Å². The molecule has 0 saturated carbocycles. The molecule has 3 rings (SSSR count). The molecule has 0 spiro atoms. The lowest BCUT2D eigenvalue weighted by Crippen LogP contribution is -2.44. The number of nitrogens with zero attached hydrogens (tertiary/aromatic N) is 2. The smallest absolute Gasteiger partial charge is 0.223 e. The summed E-state index contributed by atoms with van der Waals surface area (Å²) < 4.78 is 0. The zero-order valence-electron chi connectivity index (χ0n) is 15.8. The number of nitrogens with one attached hydrogen (secondary N) is 2. The van der Waals surface area contributed by atoms with Crippen molar-refractivity contribution in [2.24, 2.45) is 0 Å². The summed E-state index contributed by atoms with van der Waals surface area (Å²) in [6, 6.07) is 7.70. The summed E-state index contributed by atoms with van der Waals surface area (Å²) in [6.07, 6.45) is 4.95. The molecule has 1 saturated heterocycles. The van der Waals surface area contributed by atoms with Crippen molar-refractivity contribution in [2.75, 3.05) is 39.3 Å². The molecule has 27 heavy (non-hydrogen) atoms. The Balaban J connectivity index is 0.00000261. The highest BCUT2D eigenvalue weighted by molar-refractivity contribution is 5.85. The summed E-state index contributed by atoms with van der Waals surface area (Å²) in [5.74, 6) is -0.0566. The number of hydrogen-bond acceptors (Lipinski definition) is 4. The van der Waals surface area contributed by atoms with Crippen LogP contribution >= 0.6 is 12.4 Å². The maximum absolute atomic E-state index is 12.4. The van der Waals surface area contributed by atoms with Gasteiger partial charge in [0.15, 0.2) is 0 Å². The first-order chi connectivity index (χ1) is 12.6. The number of benzene rings is 1. The van der Waals surface area contributed by atoms with Crippen LogP contribution in [0.2, 0.25) is 0 Å². The molecule has 0 aromatic heterocycles. The second-order valence-corrected chi connectivity index (χ2v) is 6.89. The van der Waals surface area contributed by atoms with Gasteiger partial charge in [-0.2, -0.15) is 0 Å². The van der Waals surface area contributed by atoms with Gasteiger partial charge in [-0.1, -0.05) is 24.3 Å². The van der Waals surface area contributed by atoms with Gasteiger partial charge in [0, 0.05) is 45.8 Å². The van der Waals surface area contributed by atoms with E-state index in [9.17, 15) is 9.59 Å². The fraction of sp³-hybridized carbons (Fsp3) is 0.500. The average molecular weight is 393 g/mol. The molecular formula is C20H29ClN4O2. The van der Waals surface area contributed by atoms with Gasteiger partial charge < -0.3 is 20.4 Å². The van der Waals surface area contributed by atoms with E-state index in [4.69, 9.17) is 0 Å². The molecule has 0 radical (unpaired) electrons. The van der Waals surface area contributed by atoms with E-state index in [0.29, 0.717) is 6.54 Å². The van der Waals surface area contributed by atoms with Crippen LogP contribution in [0.4, 0.5) is 0 Å². The fourth-order valence-corrected chi connectivity index (χ4v) is 3.63. The van der Waals surface area contributed by atoms with Crippen molar-refractivity contribution in [3.05, 3.63) is 41.6 Å². The van der Waals surface area contributed by atoms with Gasteiger partial charge in [-0.25, -0.2) is 0 Å². The number of carbonyl (C=O) groups excluding carboxylic acids is 2. The summed E-state index contributed by atoms with van der Waals surface area (Å²) in [4.78, 5) is 28.5. The van der Waals surface area contributed by atoms with E-state index < -0.39 is 0 Å². The van der Waals surface area contributed by atoms with Crippen LogP contribution in [0, 0.1) is 0 Å². The lowest BCUT2D eigenvalue weighted by molar-refractivity contribution is -0.129. The summed E-state index contributed by atoms with van der Waals surface area (Å²) in [5, 5.41) is 6.36. The molecule has 7 heteroatoms. The normalized spacial score (nSPS) is 19.1. The van der Waals surface area contributed by atoms with Crippen molar-refractivity contribution in [2.45, 2.75) is 25.8 Å². The molecule has 0 aliphatic carbocycles. The van der Waals surface area contributed by atoms with Gasteiger partial charge in [0.25, 0.3) is 0 Å². The van der Waals surface area contributed by atoms with Crippen LogP contribution in [0.15, 0.2) is 30.5 Å². The summed E-state index contributed by atoms with van der Waals surface area (Å²) in [6.45, 7) is 7.46. The third-order valence-corrected chi connectivity index (χ3v) is 5.03. The fourth-order valence-electron chi connectivity index (χ4n) is 3.63. The Bertz CT molecular complexity index is 674. The van der Waals surface area contributed by atoms with Crippen molar-refractivity contribution in [3.8, 4) is 0 Å². The van der Waals surface area contributed by atoms with Crippen LogP contribution in [0.5, 0.6) is 0 Å². The third-order valence-electron chi connectivity index (χ3n) is 5.03. The van der Waals surface area contributed by atoms with E-state index in [0.717, 1.165) is 50.3 Å². The molecule has 0 bridgehead atoms. The Kier molecular flexibility index (Phi) is 8.28. The van der Waals surface area contributed by atoms with E-state index in [-0.39, 0.29) is 36.7 Å². The van der Waals surface area contributed by atoms with Crippen molar-refractivity contribution in [1.29, 1.82) is 0 Å². The van der Waals surface area contributed by atoms with Crippen molar-refractivity contribution < 1.29 is 9.59 Å². The van der Waals surface area contributed by atoms with Gasteiger partial charge in [-0.15, -0.1) is 12.4 Å². The van der Waals surface area contributed by atoms with Gasteiger partial charge in [-0.3, -0.25) is 9.59 Å². The highest BCUT2D eigenvalue weighted by atomic mass is 35.5. The Labute approximate surface area is 167 Å². The van der Waals surface area contributed by atoms with Gasteiger partial charge in [0.2, 0.25) is 11.8 Å². The molecule has 148 valence electrons. The lowest BCUT2D eigenvalue weighted by atomic mass is 9.93. The van der Waals surface area contributed by atoms with E-state index >= 15 is 0 Å². The Morgan fingerprint density at radius 3 is 2.70 bits per heavy atom. The number of carbonyl (C=O) groups is 2. The van der Waals surface area contributed by atoms with Crippen molar-refractivity contribution >= 4 is 30.3 Å². The average Bonchev–Trinajstić information content (AvgIpc) is 2.66. The number of halogens is 1. The number of amides is 2. The molecule has 6 nitrogen and oxygen atoms in total. The van der Waals surface area contributed by atoms with E-state index in [1.165, 1.54) is 6.92 Å². The molecule has 1 unspecified atom stereocenters. The molecule has 2 aliphatic rings. The molecule has 1 aromatic carbocycles. The molecule has 1 atom stereocenters. The maximum atomic E-state index is 12.4. The summed E-state index contributed by atoms with van der Waals surface area (Å²) in [7, 11) is 0. The minimum atomic E-state index is -0.234. The molecule has 1 aromatic rings. The summed E-state index contributed by atoms with van der Waals surface area (Å²) in [5.41, 5.74) is 2.10. The first-order valence-corrected chi connectivity index (χ1v) is 9.41. The van der Waals surface area contributed by atoms with Gasteiger partial charge in [0.05, 0.1) is 12.5 Å². The Morgan fingerprint density at radius 1 is 1.22 bits per heavy atom. The zero-order valence-corrected chi connectivity index (χ0v) is 16.6. The predicted molar refractivity (Wildman–Crippen MR) is 110 cm³/mol. The zero-order chi connectivity index (χ0) is 18.4. The van der Waals surface area contributed by atoms with Crippen LogP contribution in [-0.2, 0) is 9.59 Å². The predicted octanol–water partition coefficient (Wildman–Crippen LogP) is 1.78. The minimum absolute atomic E-state index is 0. The van der Waals surface area contributed by atoms with Crippen LogP contribution < -0.4 is 10.6 Å². The Hall–Kier alpha value is -1.89. The highest BCUT2D eigenvalue weighted by Crippen LogP contribution is 2.32. The Morgan fingerprint density at radius 2 is 1.96 bits per heavy atom. The molecule has 2 heterocycles. The molecule has 2 N–H and O–H groups in total. The quantitative estimate of drug-likeness (QED) is 0.724. The lowest BCUT2D eigenvalue weighted by Gasteiger charge is -2.32. The largest absolute Gasteiger partial charge is 0.356 e. The van der Waals surface area contributed by atoms with E-state index in [1.54, 1.807) is 11.1 Å². The summed E-state index contributed by atoms with van der Waals surface area (Å²) >= 11 is 0. The number of piperazine rings is 1. The number of hydrogen-bond donors (Lipinski definition) is 2. The molecule has 2 amide bonds. The van der Waals surface area contributed by atoms with Gasteiger partial charge in [-0.05, 0) is 30.2 Å². The number of fused-ring (bicyclic) bond motifs is 1. The van der Waals surface area contributed by atoms with Crippen LogP contribution in [0.1, 0.15) is 36.9 Å². The van der Waals surface area contributed by atoms with Crippen LogP contribution in [0.3, 0.4) is 0 Å². The second kappa shape index (κ2) is 10.4. The van der Waals surface area contributed by atoms with Crippen molar-refractivity contribution in [3.63, 3.8) is 0 Å². The minimum Gasteiger partial charge on any atom is -0.356 e. The van der Waals surface area contributed by atoms with Crippen LogP contribution in [0.25, 0.3) is 6.08 Å².